The van der Waals surface area contributed by atoms with E-state index in [0.29, 0.717) is 23.6 Å². The fourth-order valence-corrected chi connectivity index (χ4v) is 4.36. The molecule has 2 amide bonds. The molecule has 3 aromatic rings. The predicted molar refractivity (Wildman–Crippen MR) is 145 cm³/mol. The normalized spacial score (nSPS) is 15.0. The zero-order valence-electron chi connectivity index (χ0n) is 18.2. The lowest BCUT2D eigenvalue weighted by Crippen LogP contribution is -2.54. The van der Waals surface area contributed by atoms with Gasteiger partial charge in [-0.2, -0.15) is 0 Å². The van der Waals surface area contributed by atoms with Crippen molar-refractivity contribution in [2.24, 2.45) is 0 Å². The van der Waals surface area contributed by atoms with E-state index in [4.69, 9.17) is 17.0 Å². The summed E-state index contributed by atoms with van der Waals surface area (Å²) in [6.45, 7) is 2.40. The summed E-state index contributed by atoms with van der Waals surface area (Å²) in [6, 6.07) is 20.8. The molecule has 3 aromatic carbocycles. The molecule has 34 heavy (non-hydrogen) atoms. The first-order valence-corrected chi connectivity index (χ1v) is 12.5. The lowest BCUT2D eigenvalue weighted by atomic mass is 10.1. The number of benzene rings is 3. The van der Waals surface area contributed by atoms with Crippen LogP contribution in [0.15, 0.2) is 81.2 Å². The van der Waals surface area contributed by atoms with Crippen molar-refractivity contribution in [1.82, 2.24) is 5.32 Å². The summed E-state index contributed by atoms with van der Waals surface area (Å²) < 4.78 is 7.80. The number of thiocarbonyl (C=S) groups is 1. The van der Waals surface area contributed by atoms with Gasteiger partial charge in [0, 0.05) is 14.5 Å². The van der Waals surface area contributed by atoms with E-state index in [1.165, 1.54) is 11.0 Å². The molecule has 1 aliphatic heterocycles. The third-order valence-corrected chi connectivity index (χ3v) is 6.59. The Labute approximate surface area is 220 Å². The summed E-state index contributed by atoms with van der Waals surface area (Å²) in [7, 11) is 0. The first-order valence-electron chi connectivity index (χ1n) is 10.5. The molecule has 1 heterocycles. The van der Waals surface area contributed by atoms with Gasteiger partial charge in [0.25, 0.3) is 11.8 Å². The van der Waals surface area contributed by atoms with Crippen molar-refractivity contribution in [2.45, 2.75) is 20.0 Å². The Morgan fingerprint density at radius 3 is 2.26 bits per heavy atom. The highest BCUT2D eigenvalue weighted by Crippen LogP contribution is 2.29. The summed E-state index contributed by atoms with van der Waals surface area (Å²) in [5.74, 6) is -0.488. The molecule has 0 unspecified atom stereocenters. The number of carbonyl (C=O) groups excluding carboxylic acids is 2. The molecule has 5 nitrogen and oxygen atoms in total. The van der Waals surface area contributed by atoms with Gasteiger partial charge in [0.05, 0.1) is 5.69 Å². The number of aryl methyl sites for hydroxylation is 1. The van der Waals surface area contributed by atoms with Gasteiger partial charge < -0.3 is 4.74 Å². The second-order valence-electron chi connectivity index (χ2n) is 7.58. The zero-order chi connectivity index (χ0) is 24.2. The summed E-state index contributed by atoms with van der Waals surface area (Å²) in [5.41, 5.74) is 3.29. The van der Waals surface area contributed by atoms with Crippen LogP contribution in [0.5, 0.6) is 5.75 Å². The monoisotopic (exact) mass is 598 g/mol. The Balaban J connectivity index is 1.65. The molecule has 0 saturated carbocycles. The summed E-state index contributed by atoms with van der Waals surface area (Å²) in [5, 5.41) is 2.68. The average molecular weight is 600 g/mol. The number of halogens is 2. The highest BCUT2D eigenvalue weighted by Gasteiger charge is 2.34. The van der Waals surface area contributed by atoms with Crippen LogP contribution >= 0.6 is 44.1 Å². The largest absolute Gasteiger partial charge is 0.488 e. The van der Waals surface area contributed by atoms with Gasteiger partial charge in [-0.15, -0.1) is 0 Å². The molecular weight excluding hydrogens is 580 g/mol. The SMILES string of the molecule is CCc1ccc(N2C(=O)/C(=C/c3cc(Br)ccc3OCc3ccc(Br)cc3)C(=O)NC2=S)cc1. The average Bonchev–Trinajstić information content (AvgIpc) is 2.82. The van der Waals surface area contributed by atoms with Crippen LogP contribution in [-0.4, -0.2) is 16.9 Å². The van der Waals surface area contributed by atoms with Gasteiger partial charge in [0.15, 0.2) is 5.11 Å². The molecule has 0 aromatic heterocycles. The van der Waals surface area contributed by atoms with E-state index < -0.39 is 11.8 Å². The number of ether oxygens (including phenoxy) is 1. The number of hydrogen-bond acceptors (Lipinski definition) is 4. The quantitative estimate of drug-likeness (QED) is 0.209. The molecule has 4 rings (SSSR count). The van der Waals surface area contributed by atoms with Crippen molar-refractivity contribution < 1.29 is 14.3 Å². The lowest BCUT2D eigenvalue weighted by molar-refractivity contribution is -0.122. The number of rotatable bonds is 6. The van der Waals surface area contributed by atoms with Crippen molar-refractivity contribution in [2.75, 3.05) is 4.90 Å². The fraction of sp³-hybridized carbons (Fsp3) is 0.115. The van der Waals surface area contributed by atoms with E-state index in [1.54, 1.807) is 12.1 Å². The maximum absolute atomic E-state index is 13.4. The molecule has 1 N–H and O–H groups in total. The highest BCUT2D eigenvalue weighted by atomic mass is 79.9. The van der Waals surface area contributed by atoms with Crippen LogP contribution in [0.3, 0.4) is 0 Å². The molecule has 0 spiro atoms. The Hall–Kier alpha value is -2.81. The molecule has 0 aliphatic carbocycles. The molecular formula is C26H20Br2N2O3S. The van der Waals surface area contributed by atoms with Crippen LogP contribution < -0.4 is 15.0 Å². The Kier molecular flexibility index (Phi) is 7.60. The third-order valence-electron chi connectivity index (χ3n) is 5.28. The van der Waals surface area contributed by atoms with E-state index in [-0.39, 0.29) is 10.7 Å². The number of hydrogen-bond donors (Lipinski definition) is 1. The van der Waals surface area contributed by atoms with E-state index >= 15 is 0 Å². The number of carbonyl (C=O) groups is 2. The summed E-state index contributed by atoms with van der Waals surface area (Å²) in [6.07, 6.45) is 2.42. The minimum Gasteiger partial charge on any atom is -0.488 e. The van der Waals surface area contributed by atoms with Crippen molar-refractivity contribution in [1.29, 1.82) is 0 Å². The Morgan fingerprint density at radius 1 is 0.941 bits per heavy atom. The predicted octanol–water partition coefficient (Wildman–Crippen LogP) is 6.18. The third kappa shape index (κ3) is 5.46. The van der Waals surface area contributed by atoms with E-state index in [1.807, 2.05) is 54.6 Å². The smallest absolute Gasteiger partial charge is 0.270 e. The molecule has 1 fully saturated rings. The first-order chi connectivity index (χ1) is 16.4. The van der Waals surface area contributed by atoms with Crippen molar-refractivity contribution in [3.05, 3.63) is 97.9 Å². The standard InChI is InChI=1S/C26H20Br2N2O3S/c1-2-16-5-10-21(11-6-16)30-25(32)22(24(31)29-26(30)34)14-18-13-20(28)9-12-23(18)33-15-17-3-7-19(27)8-4-17/h3-14H,2,15H2,1H3,(H,29,31,34)/b22-14+. The van der Waals surface area contributed by atoms with Crippen LogP contribution in [-0.2, 0) is 22.6 Å². The van der Waals surface area contributed by atoms with Crippen LogP contribution in [0.1, 0.15) is 23.6 Å². The van der Waals surface area contributed by atoms with Gasteiger partial charge in [-0.25, -0.2) is 0 Å². The first kappa shape index (κ1) is 24.3. The fourth-order valence-electron chi connectivity index (χ4n) is 3.43. The molecule has 0 radical (unpaired) electrons. The minimum atomic E-state index is -0.546. The number of amides is 2. The Morgan fingerprint density at radius 2 is 1.59 bits per heavy atom. The van der Waals surface area contributed by atoms with Crippen LogP contribution in [0.4, 0.5) is 5.69 Å². The van der Waals surface area contributed by atoms with Crippen LogP contribution in [0.25, 0.3) is 6.08 Å². The van der Waals surface area contributed by atoms with Crippen molar-refractivity contribution in [3.63, 3.8) is 0 Å². The highest BCUT2D eigenvalue weighted by molar-refractivity contribution is 9.10. The van der Waals surface area contributed by atoms with E-state index in [2.05, 4.69) is 44.1 Å². The molecule has 172 valence electrons. The molecule has 0 bridgehead atoms. The molecule has 1 aliphatic rings. The van der Waals surface area contributed by atoms with Crippen molar-refractivity contribution >= 4 is 72.8 Å². The van der Waals surface area contributed by atoms with E-state index in [0.717, 1.165) is 26.5 Å². The minimum absolute atomic E-state index is 0.0280. The number of nitrogens with zero attached hydrogens (tertiary/aromatic N) is 1. The van der Waals surface area contributed by atoms with Crippen LogP contribution in [0.2, 0.25) is 0 Å². The van der Waals surface area contributed by atoms with Gasteiger partial charge in [-0.05, 0) is 78.3 Å². The van der Waals surface area contributed by atoms with E-state index in [9.17, 15) is 9.59 Å². The van der Waals surface area contributed by atoms with Gasteiger partial charge in [-0.3, -0.25) is 19.8 Å². The lowest BCUT2D eigenvalue weighted by Gasteiger charge is -2.29. The molecule has 1 saturated heterocycles. The Bertz CT molecular complexity index is 1290. The summed E-state index contributed by atoms with van der Waals surface area (Å²) >= 11 is 12.2. The molecule has 0 atom stereocenters. The maximum atomic E-state index is 13.4. The number of anilines is 1. The second-order valence-corrected chi connectivity index (χ2v) is 9.79. The molecule has 8 heteroatoms. The van der Waals surface area contributed by atoms with Gasteiger partial charge in [-0.1, -0.05) is 63.0 Å². The zero-order valence-corrected chi connectivity index (χ0v) is 22.2. The maximum Gasteiger partial charge on any atom is 0.270 e. The van der Waals surface area contributed by atoms with Crippen LogP contribution in [0, 0.1) is 0 Å². The van der Waals surface area contributed by atoms with Gasteiger partial charge >= 0.3 is 0 Å². The second kappa shape index (κ2) is 10.6. The summed E-state index contributed by atoms with van der Waals surface area (Å²) in [4.78, 5) is 27.4. The van der Waals surface area contributed by atoms with Gasteiger partial charge in [0.2, 0.25) is 0 Å². The number of nitrogens with one attached hydrogen (secondary N) is 1. The van der Waals surface area contributed by atoms with Crippen molar-refractivity contribution in [3.8, 4) is 5.75 Å². The topological polar surface area (TPSA) is 58.6 Å². The van der Waals surface area contributed by atoms with Gasteiger partial charge in [0.1, 0.15) is 17.9 Å².